The molecule has 1 aromatic rings. The molecule has 19 heavy (non-hydrogen) atoms. The van der Waals surface area contributed by atoms with Crippen molar-refractivity contribution in [2.75, 3.05) is 13.2 Å². The van der Waals surface area contributed by atoms with Gasteiger partial charge in [-0.25, -0.2) is 0 Å². The Balaban J connectivity index is 3.21. The molecule has 1 rings (SSSR count). The van der Waals surface area contributed by atoms with Crippen molar-refractivity contribution in [3.8, 4) is 0 Å². The maximum atomic E-state index is 14.3. The van der Waals surface area contributed by atoms with Crippen LogP contribution in [-0.2, 0) is 25.2 Å². The van der Waals surface area contributed by atoms with Crippen LogP contribution >= 0.6 is 19.2 Å². The Labute approximate surface area is 116 Å². The van der Waals surface area contributed by atoms with Crippen LogP contribution in [-0.4, -0.2) is 13.2 Å². The molecule has 0 saturated carbocycles. The lowest BCUT2D eigenvalue weighted by molar-refractivity contribution is 0.0360. The van der Waals surface area contributed by atoms with Gasteiger partial charge < -0.3 is 9.05 Å². The van der Waals surface area contributed by atoms with Crippen LogP contribution in [0.3, 0.4) is 0 Å². The van der Waals surface area contributed by atoms with Crippen LogP contribution in [0.25, 0.3) is 0 Å². The van der Waals surface area contributed by atoms with E-state index in [1.165, 1.54) is 32.0 Å². The summed E-state index contributed by atoms with van der Waals surface area (Å²) in [6.45, 7) is 2.72. The number of alkyl halides is 3. The van der Waals surface area contributed by atoms with Crippen molar-refractivity contribution in [1.29, 1.82) is 0 Å². The fourth-order valence-electron chi connectivity index (χ4n) is 1.54. The van der Waals surface area contributed by atoms with Gasteiger partial charge in [0.05, 0.1) is 13.2 Å². The summed E-state index contributed by atoms with van der Waals surface area (Å²) >= 11 is 5.61. The molecule has 0 atom stereocenters. The van der Waals surface area contributed by atoms with Crippen molar-refractivity contribution in [2.45, 2.75) is 25.4 Å². The van der Waals surface area contributed by atoms with E-state index in [0.29, 0.717) is 5.56 Å². The van der Waals surface area contributed by atoms with Crippen molar-refractivity contribution in [2.24, 2.45) is 0 Å². The summed E-state index contributed by atoms with van der Waals surface area (Å²) in [7, 11) is -4.55. The molecule has 0 radical (unpaired) electrons. The van der Waals surface area contributed by atoms with Gasteiger partial charge in [0.25, 0.3) is 0 Å². The maximum absolute atomic E-state index is 14.3. The molecule has 0 unspecified atom stereocenters. The highest BCUT2D eigenvalue weighted by molar-refractivity contribution is 7.54. The molecule has 1 aromatic carbocycles. The molecular weight excluding hydrogens is 297 g/mol. The Morgan fingerprint density at radius 2 is 1.84 bits per heavy atom. The quantitative estimate of drug-likeness (QED) is 0.539. The second kappa shape index (κ2) is 6.80. The first-order chi connectivity index (χ1) is 8.91. The second-order valence-electron chi connectivity index (χ2n) is 3.71. The maximum Gasteiger partial charge on any atom is 0.404 e. The van der Waals surface area contributed by atoms with Crippen molar-refractivity contribution >= 4 is 19.2 Å². The topological polar surface area (TPSA) is 35.5 Å². The van der Waals surface area contributed by atoms with Gasteiger partial charge in [-0.2, -0.15) is 8.78 Å². The zero-order chi connectivity index (χ0) is 14.5. The molecule has 0 aromatic heterocycles. The van der Waals surface area contributed by atoms with E-state index in [1.54, 1.807) is 6.07 Å². The zero-order valence-corrected chi connectivity index (χ0v) is 12.4. The minimum atomic E-state index is -4.55. The van der Waals surface area contributed by atoms with Gasteiger partial charge in [0.1, 0.15) is 0 Å². The summed E-state index contributed by atoms with van der Waals surface area (Å²) < 4.78 is 50.3. The minimum absolute atomic E-state index is 0.0947. The van der Waals surface area contributed by atoms with Crippen molar-refractivity contribution in [3.63, 3.8) is 0 Å². The smallest absolute Gasteiger partial charge is 0.304 e. The fraction of sp³-hybridized carbons (Fsp3) is 0.500. The molecule has 0 aliphatic carbocycles. The number of hydrogen-bond acceptors (Lipinski definition) is 3. The summed E-state index contributed by atoms with van der Waals surface area (Å²) in [5.41, 5.74) is -3.62. The van der Waals surface area contributed by atoms with Crippen LogP contribution in [0, 0.1) is 0 Å². The van der Waals surface area contributed by atoms with E-state index in [9.17, 15) is 13.3 Å². The predicted octanol–water partition coefficient (Wildman–Crippen LogP) is 4.74. The summed E-state index contributed by atoms with van der Waals surface area (Å²) in [6.07, 6.45) is 0. The van der Waals surface area contributed by atoms with Crippen LogP contribution in [0.2, 0.25) is 0 Å². The molecule has 0 fully saturated rings. The number of hydrogen-bond donors (Lipinski definition) is 0. The van der Waals surface area contributed by atoms with Crippen molar-refractivity contribution in [1.82, 2.24) is 0 Å². The Kier molecular flexibility index (Phi) is 5.93. The average Bonchev–Trinajstić information content (AvgIpc) is 2.39. The van der Waals surface area contributed by atoms with Crippen molar-refractivity contribution in [3.05, 3.63) is 35.4 Å². The number of benzene rings is 1. The first-order valence-corrected chi connectivity index (χ1v) is 7.91. The van der Waals surface area contributed by atoms with Crippen molar-refractivity contribution < 1.29 is 22.4 Å². The van der Waals surface area contributed by atoms with E-state index in [0.717, 1.165) is 0 Å². The third-order valence-electron chi connectivity index (χ3n) is 2.37. The van der Waals surface area contributed by atoms with Gasteiger partial charge in [0.2, 0.25) is 0 Å². The summed E-state index contributed by atoms with van der Waals surface area (Å²) in [5, 5.41) is 0. The van der Waals surface area contributed by atoms with Gasteiger partial charge in [0.15, 0.2) is 0 Å². The molecule has 3 nitrogen and oxygen atoms in total. The molecular formula is C12H16ClF2O3P. The number of halogens is 3. The average molecular weight is 313 g/mol. The van der Waals surface area contributed by atoms with Gasteiger partial charge in [-0.15, -0.1) is 11.6 Å². The highest BCUT2D eigenvalue weighted by Crippen LogP contribution is 2.66. The Morgan fingerprint density at radius 1 is 1.26 bits per heavy atom. The van der Waals surface area contributed by atoms with E-state index in [-0.39, 0.29) is 19.1 Å². The van der Waals surface area contributed by atoms with Gasteiger partial charge in [-0.1, -0.05) is 18.2 Å². The second-order valence-corrected chi connectivity index (χ2v) is 6.05. The van der Waals surface area contributed by atoms with E-state index < -0.39 is 18.8 Å². The Hall–Kier alpha value is -0.480. The normalized spacial score (nSPS) is 12.7. The lowest BCUT2D eigenvalue weighted by atomic mass is 10.1. The molecule has 0 saturated heterocycles. The van der Waals surface area contributed by atoms with Gasteiger partial charge in [0, 0.05) is 11.4 Å². The van der Waals surface area contributed by atoms with E-state index in [4.69, 9.17) is 20.6 Å². The van der Waals surface area contributed by atoms with Crippen LogP contribution in [0.15, 0.2) is 24.3 Å². The first-order valence-electron chi connectivity index (χ1n) is 5.83. The van der Waals surface area contributed by atoms with Gasteiger partial charge >= 0.3 is 13.3 Å². The van der Waals surface area contributed by atoms with Crippen LogP contribution in [0.1, 0.15) is 25.0 Å². The third-order valence-corrected chi connectivity index (χ3v) is 4.82. The monoisotopic (exact) mass is 312 g/mol. The summed E-state index contributed by atoms with van der Waals surface area (Å²) in [4.78, 5) is 0. The molecule has 0 N–H and O–H groups in total. The molecule has 0 bridgehead atoms. The highest BCUT2D eigenvalue weighted by atomic mass is 35.5. The number of rotatable bonds is 7. The van der Waals surface area contributed by atoms with E-state index >= 15 is 0 Å². The predicted molar refractivity (Wildman–Crippen MR) is 70.8 cm³/mol. The molecule has 0 aliphatic rings. The molecule has 0 spiro atoms. The first kappa shape index (κ1) is 16.6. The van der Waals surface area contributed by atoms with E-state index in [1.807, 2.05) is 0 Å². The Morgan fingerprint density at radius 3 is 2.32 bits per heavy atom. The highest BCUT2D eigenvalue weighted by Gasteiger charge is 2.54. The largest absolute Gasteiger partial charge is 0.404 e. The zero-order valence-electron chi connectivity index (χ0n) is 10.7. The van der Waals surface area contributed by atoms with Gasteiger partial charge in [-0.3, -0.25) is 4.57 Å². The molecule has 0 amide bonds. The lowest BCUT2D eigenvalue weighted by Gasteiger charge is -2.26. The van der Waals surface area contributed by atoms with Crippen LogP contribution in [0.4, 0.5) is 8.78 Å². The van der Waals surface area contributed by atoms with Crippen LogP contribution < -0.4 is 0 Å². The standard InChI is InChI=1S/C12H16ClF2O3P/c1-3-17-19(16,18-4-2)12(14,15)11-7-5-6-10(8-11)9-13/h5-8H,3-4,9H2,1-2H3. The summed E-state index contributed by atoms with van der Waals surface area (Å²) in [5.74, 6) is 0.0947. The summed E-state index contributed by atoms with van der Waals surface area (Å²) in [6, 6.07) is 5.43. The molecule has 108 valence electrons. The SMILES string of the molecule is CCOP(=O)(OCC)C(F)(F)c1cccc(CCl)c1. The Bertz CT molecular complexity index is 458. The third kappa shape index (κ3) is 3.54. The molecule has 0 aliphatic heterocycles. The van der Waals surface area contributed by atoms with E-state index in [2.05, 4.69) is 0 Å². The fourth-order valence-corrected chi connectivity index (χ4v) is 3.24. The lowest BCUT2D eigenvalue weighted by Crippen LogP contribution is -2.18. The molecule has 0 heterocycles. The van der Waals surface area contributed by atoms with Crippen LogP contribution in [0.5, 0.6) is 0 Å². The van der Waals surface area contributed by atoms with Gasteiger partial charge in [-0.05, 0) is 25.5 Å². The molecule has 7 heteroatoms. The minimum Gasteiger partial charge on any atom is -0.304 e.